The fourth-order valence-electron chi connectivity index (χ4n) is 5.46. The summed E-state index contributed by atoms with van der Waals surface area (Å²) >= 11 is 2.05. The van der Waals surface area contributed by atoms with Gasteiger partial charge in [0.05, 0.1) is 0 Å². The molecule has 4 heterocycles. The summed E-state index contributed by atoms with van der Waals surface area (Å²) in [4.78, 5) is 37.3. The van der Waals surface area contributed by atoms with E-state index in [1.807, 2.05) is 17.0 Å². The first-order valence-electron chi connectivity index (χ1n) is 12.4. The number of nitrogens with zero attached hydrogens (tertiary/aromatic N) is 4. The van der Waals surface area contributed by atoms with Crippen LogP contribution in [0.2, 0.25) is 0 Å². The molecule has 3 aliphatic heterocycles. The summed E-state index contributed by atoms with van der Waals surface area (Å²) in [5.74, 6) is 3.06. The molecule has 1 aromatic heterocycles. The lowest BCUT2D eigenvalue weighted by molar-refractivity contribution is -0.136. The van der Waals surface area contributed by atoms with Crippen molar-refractivity contribution in [1.82, 2.24) is 19.7 Å². The van der Waals surface area contributed by atoms with Crippen LogP contribution in [-0.4, -0.2) is 80.9 Å². The van der Waals surface area contributed by atoms with Crippen LogP contribution in [0.25, 0.3) is 0 Å². The van der Waals surface area contributed by atoms with Gasteiger partial charge in [-0.1, -0.05) is 13.8 Å². The summed E-state index contributed by atoms with van der Waals surface area (Å²) in [6.07, 6.45) is 10.2. The van der Waals surface area contributed by atoms with E-state index in [0.29, 0.717) is 25.0 Å². The third kappa shape index (κ3) is 4.98. The van der Waals surface area contributed by atoms with Gasteiger partial charge in [-0.15, -0.1) is 0 Å². The molecule has 0 N–H and O–H groups in total. The summed E-state index contributed by atoms with van der Waals surface area (Å²) in [5.41, 5.74) is 0.576. The number of carbonyl (C=O) groups is 2. The van der Waals surface area contributed by atoms with Gasteiger partial charge < -0.3 is 9.80 Å². The van der Waals surface area contributed by atoms with Crippen molar-refractivity contribution in [2.45, 2.75) is 70.4 Å². The van der Waals surface area contributed by atoms with E-state index in [1.165, 1.54) is 29.9 Å². The maximum Gasteiger partial charge on any atom is 0.327 e. The highest BCUT2D eigenvalue weighted by atomic mass is 32.2. The van der Waals surface area contributed by atoms with Crippen molar-refractivity contribution in [2.75, 3.05) is 37.7 Å². The molecule has 1 aromatic rings. The topological polar surface area (TPSA) is 56.8 Å². The van der Waals surface area contributed by atoms with Crippen LogP contribution in [0.15, 0.2) is 24.5 Å². The Hall–Kier alpha value is -1.60. The van der Waals surface area contributed by atoms with Crippen molar-refractivity contribution in [1.29, 1.82) is 0 Å². The standard InChI is InChI=1S/C25H38N4O2S/c1-20(2)7-15-29-24(31)28(14-3-4-21-5-12-26-13-6-21)23(30)25(29)10-16-27(17-11-25)22-8-18-32-19-9-22/h5-6,12-13,20,22H,3-4,7-11,14-19H2,1-2H3. The van der Waals surface area contributed by atoms with Crippen molar-refractivity contribution in [3.05, 3.63) is 30.1 Å². The summed E-state index contributed by atoms with van der Waals surface area (Å²) < 4.78 is 0. The molecule has 0 unspecified atom stereocenters. The second-order valence-corrected chi connectivity index (χ2v) is 11.2. The van der Waals surface area contributed by atoms with E-state index in [9.17, 15) is 9.59 Å². The second-order valence-electron chi connectivity index (χ2n) is 9.94. The van der Waals surface area contributed by atoms with Crippen LogP contribution >= 0.6 is 11.8 Å². The predicted octanol–water partition coefficient (Wildman–Crippen LogP) is 4.05. The Morgan fingerprint density at radius 2 is 1.78 bits per heavy atom. The number of carbonyl (C=O) groups excluding carboxylic acids is 2. The summed E-state index contributed by atoms with van der Waals surface area (Å²) in [5, 5.41) is 0. The van der Waals surface area contributed by atoms with Gasteiger partial charge in [-0.05, 0) is 80.1 Å². The molecule has 0 saturated carbocycles. The minimum atomic E-state index is -0.622. The van der Waals surface area contributed by atoms with Crippen LogP contribution < -0.4 is 0 Å². The van der Waals surface area contributed by atoms with Gasteiger partial charge in [0.2, 0.25) is 0 Å². The molecule has 3 aliphatic rings. The Morgan fingerprint density at radius 1 is 1.09 bits per heavy atom. The lowest BCUT2D eigenvalue weighted by Crippen LogP contribution is -2.58. The molecule has 7 heteroatoms. The summed E-state index contributed by atoms with van der Waals surface area (Å²) in [7, 11) is 0. The van der Waals surface area contributed by atoms with E-state index in [0.717, 1.165) is 45.2 Å². The Labute approximate surface area is 197 Å². The number of likely N-dealkylation sites (tertiary alicyclic amines) is 1. The smallest absolute Gasteiger partial charge is 0.309 e. The molecule has 0 bridgehead atoms. The number of hydrogen-bond donors (Lipinski definition) is 0. The van der Waals surface area contributed by atoms with Crippen LogP contribution in [0, 0.1) is 5.92 Å². The molecule has 0 aliphatic carbocycles. The molecule has 176 valence electrons. The predicted molar refractivity (Wildman–Crippen MR) is 130 cm³/mol. The zero-order valence-corrected chi connectivity index (χ0v) is 20.5. The van der Waals surface area contributed by atoms with Gasteiger partial charge in [0.15, 0.2) is 0 Å². The lowest BCUT2D eigenvalue weighted by Gasteiger charge is -2.45. The fraction of sp³-hybridized carbons (Fsp3) is 0.720. The number of aryl methyl sites for hydroxylation is 1. The highest BCUT2D eigenvalue weighted by Gasteiger charge is 2.57. The summed E-state index contributed by atoms with van der Waals surface area (Å²) in [6.45, 7) is 7.41. The quantitative estimate of drug-likeness (QED) is 0.550. The van der Waals surface area contributed by atoms with E-state index in [2.05, 4.69) is 35.5 Å². The number of urea groups is 1. The van der Waals surface area contributed by atoms with Crippen molar-refractivity contribution >= 4 is 23.7 Å². The van der Waals surface area contributed by atoms with Crippen molar-refractivity contribution in [3.8, 4) is 0 Å². The van der Waals surface area contributed by atoms with E-state index < -0.39 is 5.54 Å². The van der Waals surface area contributed by atoms with Crippen molar-refractivity contribution in [2.24, 2.45) is 5.92 Å². The number of rotatable bonds is 8. The molecule has 32 heavy (non-hydrogen) atoms. The fourth-order valence-corrected chi connectivity index (χ4v) is 6.54. The maximum atomic E-state index is 13.7. The molecule has 0 radical (unpaired) electrons. The second kappa shape index (κ2) is 10.6. The zero-order chi connectivity index (χ0) is 22.6. The minimum absolute atomic E-state index is 0.0554. The van der Waals surface area contributed by atoms with Gasteiger partial charge >= 0.3 is 6.03 Å². The Balaban J connectivity index is 1.43. The maximum absolute atomic E-state index is 13.7. The van der Waals surface area contributed by atoms with Gasteiger partial charge in [-0.3, -0.25) is 14.7 Å². The largest absolute Gasteiger partial charge is 0.327 e. The zero-order valence-electron chi connectivity index (χ0n) is 19.7. The average molecular weight is 459 g/mol. The molecule has 6 nitrogen and oxygen atoms in total. The molecule has 0 atom stereocenters. The first-order chi connectivity index (χ1) is 15.5. The van der Waals surface area contributed by atoms with E-state index in [-0.39, 0.29) is 11.9 Å². The molecular formula is C25H38N4O2S. The Kier molecular flexibility index (Phi) is 7.77. The van der Waals surface area contributed by atoms with Gasteiger partial charge in [0.25, 0.3) is 5.91 Å². The normalized spacial score (nSPS) is 22.5. The van der Waals surface area contributed by atoms with Crippen LogP contribution in [0.4, 0.5) is 4.79 Å². The molecule has 3 saturated heterocycles. The molecular weight excluding hydrogens is 420 g/mol. The van der Waals surface area contributed by atoms with Crippen LogP contribution in [0.3, 0.4) is 0 Å². The van der Waals surface area contributed by atoms with Gasteiger partial charge in [-0.2, -0.15) is 11.8 Å². The van der Waals surface area contributed by atoms with Crippen LogP contribution in [0.1, 0.15) is 57.9 Å². The SMILES string of the molecule is CC(C)CCN1C(=O)N(CCCc2ccncc2)C(=O)C12CCN(C1CCSCC1)CC2. The first kappa shape index (κ1) is 23.6. The highest BCUT2D eigenvalue weighted by Crippen LogP contribution is 2.39. The van der Waals surface area contributed by atoms with E-state index >= 15 is 0 Å². The van der Waals surface area contributed by atoms with E-state index in [1.54, 1.807) is 17.3 Å². The molecule has 4 rings (SSSR count). The van der Waals surface area contributed by atoms with Crippen LogP contribution in [-0.2, 0) is 11.2 Å². The Morgan fingerprint density at radius 3 is 2.44 bits per heavy atom. The van der Waals surface area contributed by atoms with Gasteiger partial charge in [-0.25, -0.2) is 4.79 Å². The molecule has 1 spiro atoms. The average Bonchev–Trinajstić information content (AvgIpc) is 3.00. The molecule has 0 aromatic carbocycles. The third-order valence-electron chi connectivity index (χ3n) is 7.48. The first-order valence-corrected chi connectivity index (χ1v) is 13.5. The lowest BCUT2D eigenvalue weighted by atomic mass is 9.84. The third-order valence-corrected chi connectivity index (χ3v) is 8.53. The Bertz CT molecular complexity index is 773. The molecule has 3 fully saturated rings. The number of thioether (sulfide) groups is 1. The number of hydrogen-bond acceptors (Lipinski definition) is 5. The number of amides is 3. The van der Waals surface area contributed by atoms with Crippen molar-refractivity contribution < 1.29 is 9.59 Å². The van der Waals surface area contributed by atoms with E-state index in [4.69, 9.17) is 0 Å². The van der Waals surface area contributed by atoms with Gasteiger partial charge in [0.1, 0.15) is 5.54 Å². The number of aromatic nitrogens is 1. The molecule has 3 amide bonds. The van der Waals surface area contributed by atoms with Crippen LogP contribution in [0.5, 0.6) is 0 Å². The number of imide groups is 1. The minimum Gasteiger partial charge on any atom is -0.309 e. The number of piperidine rings is 1. The monoisotopic (exact) mass is 458 g/mol. The summed E-state index contributed by atoms with van der Waals surface area (Å²) in [6, 6.07) is 4.60. The van der Waals surface area contributed by atoms with Crippen molar-refractivity contribution in [3.63, 3.8) is 0 Å². The highest BCUT2D eigenvalue weighted by molar-refractivity contribution is 7.99. The van der Waals surface area contributed by atoms with Gasteiger partial charge in [0, 0.05) is 44.6 Å². The number of pyridine rings is 1.